The predicted octanol–water partition coefficient (Wildman–Crippen LogP) is 3.18. The summed E-state index contributed by atoms with van der Waals surface area (Å²) in [6, 6.07) is 10.7. The molecule has 3 rings (SSSR count). The standard InChI is InChI=1S/C14H12ClN3O/c1-18-13(16)7-11(17-18)14-10-4-3-9(15)6-8(10)2-5-12(14)19/h2-7,19H,16H2,1H3. The van der Waals surface area contributed by atoms with Gasteiger partial charge in [-0.3, -0.25) is 4.68 Å². The Morgan fingerprint density at radius 1 is 1.21 bits per heavy atom. The maximum absolute atomic E-state index is 10.1. The first-order chi connectivity index (χ1) is 9.06. The average Bonchev–Trinajstić information content (AvgIpc) is 2.69. The molecule has 0 spiro atoms. The van der Waals surface area contributed by atoms with Crippen LogP contribution in [0.5, 0.6) is 5.75 Å². The van der Waals surface area contributed by atoms with Gasteiger partial charge in [0.15, 0.2) is 0 Å². The fourth-order valence-corrected chi connectivity index (χ4v) is 2.34. The Morgan fingerprint density at radius 2 is 2.00 bits per heavy atom. The molecule has 0 atom stereocenters. The summed E-state index contributed by atoms with van der Waals surface area (Å²) in [5, 5.41) is 16.9. The molecule has 0 aliphatic carbocycles. The fraction of sp³-hybridized carbons (Fsp3) is 0.0714. The molecule has 1 heterocycles. The summed E-state index contributed by atoms with van der Waals surface area (Å²) in [7, 11) is 1.76. The molecule has 0 bridgehead atoms. The molecule has 96 valence electrons. The minimum absolute atomic E-state index is 0.174. The third-order valence-corrected chi connectivity index (χ3v) is 3.37. The molecular weight excluding hydrogens is 262 g/mol. The molecule has 4 nitrogen and oxygen atoms in total. The molecule has 0 unspecified atom stereocenters. The van der Waals surface area contributed by atoms with E-state index in [9.17, 15) is 5.11 Å². The smallest absolute Gasteiger partial charge is 0.125 e. The molecule has 19 heavy (non-hydrogen) atoms. The number of nitrogen functional groups attached to an aromatic ring is 1. The van der Waals surface area contributed by atoms with Crippen molar-refractivity contribution >= 4 is 28.2 Å². The zero-order chi connectivity index (χ0) is 13.6. The van der Waals surface area contributed by atoms with Gasteiger partial charge in [0.25, 0.3) is 0 Å². The molecule has 1 aromatic heterocycles. The molecule has 0 radical (unpaired) electrons. The van der Waals surface area contributed by atoms with E-state index in [-0.39, 0.29) is 5.75 Å². The highest BCUT2D eigenvalue weighted by atomic mass is 35.5. The largest absolute Gasteiger partial charge is 0.507 e. The van der Waals surface area contributed by atoms with Gasteiger partial charge in [-0.2, -0.15) is 5.10 Å². The van der Waals surface area contributed by atoms with Gasteiger partial charge < -0.3 is 10.8 Å². The molecule has 2 aromatic carbocycles. The van der Waals surface area contributed by atoms with E-state index in [1.807, 2.05) is 18.2 Å². The van der Waals surface area contributed by atoms with E-state index in [2.05, 4.69) is 5.10 Å². The fourth-order valence-electron chi connectivity index (χ4n) is 2.16. The summed E-state index contributed by atoms with van der Waals surface area (Å²) >= 11 is 5.98. The lowest BCUT2D eigenvalue weighted by atomic mass is 10.0. The Labute approximate surface area is 115 Å². The van der Waals surface area contributed by atoms with Gasteiger partial charge in [-0.15, -0.1) is 0 Å². The van der Waals surface area contributed by atoms with Gasteiger partial charge >= 0.3 is 0 Å². The van der Waals surface area contributed by atoms with E-state index in [1.54, 1.807) is 29.9 Å². The minimum Gasteiger partial charge on any atom is -0.507 e. The van der Waals surface area contributed by atoms with Crippen LogP contribution < -0.4 is 5.73 Å². The molecule has 0 fully saturated rings. The van der Waals surface area contributed by atoms with Crippen LogP contribution >= 0.6 is 11.6 Å². The van der Waals surface area contributed by atoms with E-state index >= 15 is 0 Å². The van der Waals surface area contributed by atoms with Crippen LogP contribution in [0.25, 0.3) is 22.0 Å². The zero-order valence-electron chi connectivity index (χ0n) is 10.3. The molecule has 3 aromatic rings. The van der Waals surface area contributed by atoms with E-state index in [0.29, 0.717) is 22.1 Å². The molecule has 0 saturated carbocycles. The number of aryl methyl sites for hydroxylation is 1. The van der Waals surface area contributed by atoms with Crippen LogP contribution in [0.3, 0.4) is 0 Å². The second kappa shape index (κ2) is 4.17. The van der Waals surface area contributed by atoms with Crippen molar-refractivity contribution in [3.8, 4) is 17.0 Å². The summed E-state index contributed by atoms with van der Waals surface area (Å²) in [6.07, 6.45) is 0. The number of halogens is 1. The van der Waals surface area contributed by atoms with Crippen LogP contribution in [0.4, 0.5) is 5.82 Å². The number of fused-ring (bicyclic) bond motifs is 1. The number of benzene rings is 2. The molecule has 0 saturated heterocycles. The quantitative estimate of drug-likeness (QED) is 0.716. The number of hydrogen-bond acceptors (Lipinski definition) is 3. The number of aromatic nitrogens is 2. The van der Waals surface area contributed by atoms with Crippen LogP contribution in [0.2, 0.25) is 5.02 Å². The monoisotopic (exact) mass is 273 g/mol. The summed E-state index contributed by atoms with van der Waals surface area (Å²) in [6.45, 7) is 0. The molecule has 0 aliphatic rings. The van der Waals surface area contributed by atoms with E-state index in [4.69, 9.17) is 17.3 Å². The van der Waals surface area contributed by atoms with Gasteiger partial charge in [0.2, 0.25) is 0 Å². The number of aromatic hydroxyl groups is 1. The van der Waals surface area contributed by atoms with E-state index < -0.39 is 0 Å². The average molecular weight is 274 g/mol. The first-order valence-corrected chi connectivity index (χ1v) is 6.15. The van der Waals surface area contributed by atoms with Crippen molar-refractivity contribution in [1.29, 1.82) is 0 Å². The lowest BCUT2D eigenvalue weighted by Gasteiger charge is -2.07. The normalized spacial score (nSPS) is 11.1. The molecular formula is C14H12ClN3O. The number of nitrogens with two attached hydrogens (primary N) is 1. The predicted molar refractivity (Wildman–Crippen MR) is 77.2 cm³/mol. The number of anilines is 1. The summed E-state index contributed by atoms with van der Waals surface area (Å²) in [5.74, 6) is 0.716. The number of rotatable bonds is 1. The molecule has 3 N–H and O–H groups in total. The molecule has 0 aliphatic heterocycles. The van der Waals surface area contributed by atoms with Gasteiger partial charge in [-0.1, -0.05) is 23.7 Å². The third-order valence-electron chi connectivity index (χ3n) is 3.13. The van der Waals surface area contributed by atoms with Crippen molar-refractivity contribution in [2.75, 3.05) is 5.73 Å². The first kappa shape index (κ1) is 11.9. The minimum atomic E-state index is 0.174. The highest BCUT2D eigenvalue weighted by molar-refractivity contribution is 6.31. The summed E-state index contributed by atoms with van der Waals surface area (Å²) in [5.41, 5.74) is 7.11. The number of phenolic OH excluding ortho intramolecular Hbond substituents is 1. The highest BCUT2D eigenvalue weighted by Gasteiger charge is 2.13. The van der Waals surface area contributed by atoms with Crippen molar-refractivity contribution in [3.63, 3.8) is 0 Å². The van der Waals surface area contributed by atoms with Gasteiger partial charge in [0.1, 0.15) is 11.6 Å². The van der Waals surface area contributed by atoms with Crippen molar-refractivity contribution in [1.82, 2.24) is 9.78 Å². The van der Waals surface area contributed by atoms with Crippen molar-refractivity contribution in [3.05, 3.63) is 41.4 Å². The third kappa shape index (κ3) is 1.90. The number of nitrogens with zero attached hydrogens (tertiary/aromatic N) is 2. The van der Waals surface area contributed by atoms with Crippen molar-refractivity contribution in [2.24, 2.45) is 7.05 Å². The van der Waals surface area contributed by atoms with Crippen LogP contribution in [0, 0.1) is 0 Å². The van der Waals surface area contributed by atoms with E-state index in [1.165, 1.54) is 0 Å². The topological polar surface area (TPSA) is 64.1 Å². The lowest BCUT2D eigenvalue weighted by molar-refractivity contribution is 0.478. The Balaban J connectivity index is 2.35. The van der Waals surface area contributed by atoms with Gasteiger partial charge in [0.05, 0.1) is 11.3 Å². The maximum atomic E-state index is 10.1. The Bertz CT molecular complexity index is 760. The van der Waals surface area contributed by atoms with E-state index in [0.717, 1.165) is 10.8 Å². The van der Waals surface area contributed by atoms with Gasteiger partial charge in [-0.25, -0.2) is 0 Å². The SMILES string of the molecule is Cn1nc(-c2c(O)ccc3cc(Cl)ccc23)cc1N. The maximum Gasteiger partial charge on any atom is 0.125 e. The Hall–Kier alpha value is -2.20. The van der Waals surface area contributed by atoms with Crippen molar-refractivity contribution < 1.29 is 5.11 Å². The molecule has 0 amide bonds. The summed E-state index contributed by atoms with van der Waals surface area (Å²) < 4.78 is 1.57. The Morgan fingerprint density at radius 3 is 2.68 bits per heavy atom. The number of hydrogen-bond donors (Lipinski definition) is 2. The molecule has 5 heteroatoms. The van der Waals surface area contributed by atoms with Crippen LogP contribution in [0.15, 0.2) is 36.4 Å². The van der Waals surface area contributed by atoms with Crippen molar-refractivity contribution in [2.45, 2.75) is 0 Å². The van der Waals surface area contributed by atoms with Gasteiger partial charge in [-0.05, 0) is 29.0 Å². The lowest BCUT2D eigenvalue weighted by Crippen LogP contribution is -1.96. The van der Waals surface area contributed by atoms with Crippen LogP contribution in [-0.4, -0.2) is 14.9 Å². The Kier molecular flexibility index (Phi) is 2.61. The second-order valence-electron chi connectivity index (χ2n) is 4.40. The van der Waals surface area contributed by atoms with Gasteiger partial charge in [0, 0.05) is 18.1 Å². The highest BCUT2D eigenvalue weighted by Crippen LogP contribution is 2.37. The second-order valence-corrected chi connectivity index (χ2v) is 4.84. The number of phenols is 1. The van der Waals surface area contributed by atoms with Crippen LogP contribution in [-0.2, 0) is 7.05 Å². The zero-order valence-corrected chi connectivity index (χ0v) is 11.0. The first-order valence-electron chi connectivity index (χ1n) is 5.77. The summed E-state index contributed by atoms with van der Waals surface area (Å²) in [4.78, 5) is 0. The van der Waals surface area contributed by atoms with Crippen LogP contribution in [0.1, 0.15) is 0 Å².